The zero-order chi connectivity index (χ0) is 19.5. The molecule has 2 heterocycles. The Kier molecular flexibility index (Phi) is 4.99. The van der Waals surface area contributed by atoms with Gasteiger partial charge in [0.05, 0.1) is 17.6 Å². The van der Waals surface area contributed by atoms with Crippen LogP contribution in [0.5, 0.6) is 0 Å². The van der Waals surface area contributed by atoms with E-state index >= 15 is 0 Å². The number of aromatic nitrogens is 1. The average molecular weight is 395 g/mol. The molecule has 2 aromatic carbocycles. The minimum absolute atomic E-state index is 0.308. The van der Waals surface area contributed by atoms with Crippen molar-refractivity contribution < 1.29 is 13.2 Å². The second kappa shape index (κ2) is 7.74. The molecule has 140 valence electrons. The number of rotatable bonds is 4. The first kappa shape index (κ1) is 18.1. The minimum Gasteiger partial charge on any atom is -0.463 e. The van der Waals surface area contributed by atoms with Gasteiger partial charge in [-0.1, -0.05) is 0 Å². The van der Waals surface area contributed by atoms with Crippen molar-refractivity contribution in [3.05, 3.63) is 94.5 Å². The van der Waals surface area contributed by atoms with E-state index in [9.17, 15) is 8.78 Å². The molecule has 0 aliphatic carbocycles. The highest BCUT2D eigenvalue weighted by Crippen LogP contribution is 2.22. The lowest BCUT2D eigenvalue weighted by Gasteiger charge is -2.05. The van der Waals surface area contributed by atoms with Crippen LogP contribution < -0.4 is 4.80 Å². The smallest absolute Gasteiger partial charge is 0.211 e. The number of thiazole rings is 1. The molecule has 2 aromatic heterocycles. The summed E-state index contributed by atoms with van der Waals surface area (Å²) in [5.41, 5.74) is 2.83. The normalized spacial score (nSPS) is 12.5. The summed E-state index contributed by atoms with van der Waals surface area (Å²) in [5, 5.41) is 6.56. The lowest BCUT2D eigenvalue weighted by Crippen LogP contribution is -2.13. The highest BCUT2D eigenvalue weighted by atomic mass is 32.1. The van der Waals surface area contributed by atoms with E-state index in [1.165, 1.54) is 35.6 Å². The van der Waals surface area contributed by atoms with Crippen LogP contribution in [0.3, 0.4) is 0 Å². The molecule has 0 spiro atoms. The molecule has 0 aliphatic rings. The molecular formula is C21H15F2N3OS. The van der Waals surface area contributed by atoms with Gasteiger partial charge in [0.2, 0.25) is 4.80 Å². The Hall–Kier alpha value is -3.32. The van der Waals surface area contributed by atoms with Gasteiger partial charge < -0.3 is 4.42 Å². The van der Waals surface area contributed by atoms with Crippen molar-refractivity contribution in [3.8, 4) is 11.3 Å². The van der Waals surface area contributed by atoms with Gasteiger partial charge in [-0.2, -0.15) is 5.10 Å². The zero-order valence-electron chi connectivity index (χ0n) is 14.8. The van der Waals surface area contributed by atoms with E-state index in [1.54, 1.807) is 41.3 Å². The molecule has 28 heavy (non-hydrogen) atoms. The summed E-state index contributed by atoms with van der Waals surface area (Å²) in [6.07, 6.45) is 1.58. The molecule has 0 bridgehead atoms. The Labute approximate surface area is 163 Å². The first-order valence-electron chi connectivity index (χ1n) is 8.46. The lowest BCUT2D eigenvalue weighted by atomic mass is 10.2. The first-order chi connectivity index (χ1) is 13.6. The van der Waals surface area contributed by atoms with Crippen molar-refractivity contribution in [2.45, 2.75) is 6.92 Å². The van der Waals surface area contributed by atoms with Crippen molar-refractivity contribution in [3.63, 3.8) is 0 Å². The predicted molar refractivity (Wildman–Crippen MR) is 106 cm³/mol. The molecule has 0 saturated heterocycles. The van der Waals surface area contributed by atoms with Crippen LogP contribution in [0.25, 0.3) is 11.3 Å². The first-order valence-corrected chi connectivity index (χ1v) is 9.34. The van der Waals surface area contributed by atoms with Crippen molar-refractivity contribution in [2.24, 2.45) is 10.1 Å². The van der Waals surface area contributed by atoms with Crippen molar-refractivity contribution >= 4 is 22.7 Å². The summed E-state index contributed by atoms with van der Waals surface area (Å²) < 4.78 is 33.6. The van der Waals surface area contributed by atoms with Gasteiger partial charge in [0.15, 0.2) is 0 Å². The Morgan fingerprint density at radius 1 is 0.964 bits per heavy atom. The number of nitrogens with zero attached hydrogens (tertiary/aromatic N) is 3. The van der Waals surface area contributed by atoms with Crippen LogP contribution in [0, 0.1) is 11.6 Å². The number of halogens is 2. The molecule has 0 radical (unpaired) electrons. The number of furan rings is 1. The van der Waals surface area contributed by atoms with Gasteiger partial charge in [-0.3, -0.25) is 0 Å². The summed E-state index contributed by atoms with van der Waals surface area (Å²) in [6.45, 7) is 1.83. The zero-order valence-corrected chi connectivity index (χ0v) is 15.7. The fourth-order valence-corrected chi connectivity index (χ4v) is 3.45. The van der Waals surface area contributed by atoms with Crippen molar-refractivity contribution in [1.82, 2.24) is 4.68 Å². The van der Waals surface area contributed by atoms with Crippen molar-refractivity contribution in [2.75, 3.05) is 0 Å². The fraction of sp³-hybridized carbons (Fsp3) is 0.0476. The molecule has 0 fully saturated rings. The molecule has 7 heteroatoms. The quantitative estimate of drug-likeness (QED) is 0.415. The van der Waals surface area contributed by atoms with Crippen LogP contribution in [0.2, 0.25) is 0 Å². The van der Waals surface area contributed by atoms with Crippen LogP contribution in [-0.4, -0.2) is 10.4 Å². The average Bonchev–Trinajstić information content (AvgIpc) is 3.35. The third kappa shape index (κ3) is 3.84. The van der Waals surface area contributed by atoms with Crippen LogP contribution in [0.1, 0.15) is 12.7 Å². The van der Waals surface area contributed by atoms with Crippen molar-refractivity contribution in [1.29, 1.82) is 0 Å². The highest BCUT2D eigenvalue weighted by Gasteiger charge is 2.10. The molecule has 4 rings (SSSR count). The van der Waals surface area contributed by atoms with E-state index in [0.29, 0.717) is 22.0 Å². The van der Waals surface area contributed by atoms with Gasteiger partial charge in [-0.25, -0.2) is 18.4 Å². The maximum absolute atomic E-state index is 13.3. The van der Waals surface area contributed by atoms with E-state index in [0.717, 1.165) is 11.3 Å². The minimum atomic E-state index is -0.323. The van der Waals surface area contributed by atoms with Crippen LogP contribution >= 0.6 is 11.3 Å². The second-order valence-corrected chi connectivity index (χ2v) is 6.81. The Balaban J connectivity index is 1.88. The van der Waals surface area contributed by atoms with E-state index in [2.05, 4.69) is 10.1 Å². The molecule has 4 nitrogen and oxygen atoms in total. The second-order valence-electron chi connectivity index (χ2n) is 5.97. The summed E-state index contributed by atoms with van der Waals surface area (Å²) >= 11 is 1.38. The lowest BCUT2D eigenvalue weighted by molar-refractivity contribution is 0.556. The maximum atomic E-state index is 13.3. The fourth-order valence-electron chi connectivity index (χ4n) is 2.60. The monoisotopic (exact) mass is 395 g/mol. The molecule has 0 atom stereocenters. The molecule has 0 saturated carbocycles. The standard InChI is InChI=1S/C21H15F2N3OS/c1-14(20-3-2-12-27-20)25-26-19(15-4-6-16(22)7-5-15)13-28-21(26)24-18-10-8-17(23)9-11-18/h2-13H,1H3. The number of hydrogen-bond acceptors (Lipinski definition) is 4. The summed E-state index contributed by atoms with van der Waals surface area (Å²) in [5.74, 6) is 0.00482. The van der Waals surface area contributed by atoms with Gasteiger partial charge in [0.1, 0.15) is 23.1 Å². The summed E-state index contributed by atoms with van der Waals surface area (Å²) in [4.78, 5) is 5.18. The molecule has 0 aliphatic heterocycles. The van der Waals surface area contributed by atoms with Gasteiger partial charge in [-0.15, -0.1) is 11.3 Å². The topological polar surface area (TPSA) is 42.8 Å². The van der Waals surface area contributed by atoms with Gasteiger partial charge in [-0.05, 0) is 67.6 Å². The maximum Gasteiger partial charge on any atom is 0.211 e. The third-order valence-corrected chi connectivity index (χ3v) is 4.82. The Morgan fingerprint density at radius 3 is 2.29 bits per heavy atom. The summed E-state index contributed by atoms with van der Waals surface area (Å²) in [7, 11) is 0. The predicted octanol–water partition coefficient (Wildman–Crippen LogP) is 5.59. The van der Waals surface area contributed by atoms with E-state index in [-0.39, 0.29) is 11.6 Å². The van der Waals surface area contributed by atoms with E-state index in [1.807, 2.05) is 18.4 Å². The summed E-state index contributed by atoms with van der Waals surface area (Å²) in [6, 6.07) is 15.7. The Morgan fingerprint density at radius 2 is 1.64 bits per heavy atom. The number of hydrogen-bond donors (Lipinski definition) is 0. The van der Waals surface area contributed by atoms with E-state index < -0.39 is 0 Å². The van der Waals surface area contributed by atoms with Crippen LogP contribution in [0.4, 0.5) is 14.5 Å². The van der Waals surface area contributed by atoms with Crippen LogP contribution in [-0.2, 0) is 0 Å². The van der Waals surface area contributed by atoms with Crippen LogP contribution in [0.15, 0.2) is 86.8 Å². The molecule has 4 aromatic rings. The largest absolute Gasteiger partial charge is 0.463 e. The molecule has 0 amide bonds. The van der Waals surface area contributed by atoms with Gasteiger partial charge in [0.25, 0.3) is 0 Å². The Bertz CT molecular complexity index is 1170. The van der Waals surface area contributed by atoms with E-state index in [4.69, 9.17) is 4.42 Å². The molecule has 0 N–H and O–H groups in total. The third-order valence-electron chi connectivity index (χ3n) is 4.00. The van der Waals surface area contributed by atoms with Gasteiger partial charge in [0, 0.05) is 10.9 Å². The highest BCUT2D eigenvalue weighted by molar-refractivity contribution is 7.07. The number of benzene rings is 2. The van der Waals surface area contributed by atoms with Gasteiger partial charge >= 0.3 is 0 Å². The SMILES string of the molecule is CC(=Nn1c(-c2ccc(F)cc2)csc1=Nc1ccc(F)cc1)c1ccco1. The molecular weight excluding hydrogens is 380 g/mol. The molecule has 0 unspecified atom stereocenters.